The van der Waals surface area contributed by atoms with Crippen LogP contribution in [-0.2, 0) is 13.5 Å². The highest BCUT2D eigenvalue weighted by atomic mass is 15.3. The molecular formula is C12H23N3. The number of hydrogen-bond acceptors (Lipinski definition) is 2. The van der Waals surface area contributed by atoms with Crippen LogP contribution in [0.25, 0.3) is 0 Å². The zero-order valence-corrected chi connectivity index (χ0v) is 10.4. The van der Waals surface area contributed by atoms with Crippen molar-refractivity contribution < 1.29 is 0 Å². The molecule has 0 aliphatic rings. The average Bonchev–Trinajstić information content (AvgIpc) is 2.61. The molecule has 0 saturated carbocycles. The van der Waals surface area contributed by atoms with E-state index in [4.69, 9.17) is 0 Å². The van der Waals surface area contributed by atoms with Crippen molar-refractivity contribution in [3.8, 4) is 0 Å². The molecule has 86 valence electrons. The van der Waals surface area contributed by atoms with Gasteiger partial charge in [-0.2, -0.15) is 5.10 Å². The molecule has 0 fully saturated rings. The Bertz CT molecular complexity index is 291. The van der Waals surface area contributed by atoms with Crippen molar-refractivity contribution in [3.63, 3.8) is 0 Å². The van der Waals surface area contributed by atoms with Crippen molar-refractivity contribution in [1.29, 1.82) is 0 Å². The average molecular weight is 209 g/mol. The van der Waals surface area contributed by atoms with Gasteiger partial charge < -0.3 is 5.32 Å². The van der Waals surface area contributed by atoms with Gasteiger partial charge in [0.15, 0.2) is 0 Å². The highest BCUT2D eigenvalue weighted by Gasteiger charge is 2.14. The largest absolute Gasteiger partial charge is 0.310 e. The lowest BCUT2D eigenvalue weighted by atomic mass is 10.0. The van der Waals surface area contributed by atoms with Crippen LogP contribution in [0.1, 0.15) is 50.9 Å². The molecule has 1 N–H and O–H groups in total. The second-order valence-corrected chi connectivity index (χ2v) is 3.97. The molecule has 0 aliphatic carbocycles. The van der Waals surface area contributed by atoms with Gasteiger partial charge in [-0.25, -0.2) is 0 Å². The Kier molecular flexibility index (Phi) is 4.82. The van der Waals surface area contributed by atoms with Crippen molar-refractivity contribution in [1.82, 2.24) is 15.1 Å². The Morgan fingerprint density at radius 1 is 1.40 bits per heavy atom. The molecule has 1 unspecified atom stereocenters. The normalized spacial score (nSPS) is 13.1. The van der Waals surface area contributed by atoms with Crippen molar-refractivity contribution in [2.24, 2.45) is 7.05 Å². The highest BCUT2D eigenvalue weighted by Crippen LogP contribution is 2.20. The summed E-state index contributed by atoms with van der Waals surface area (Å²) in [7, 11) is 2.00. The maximum absolute atomic E-state index is 4.48. The molecule has 0 radical (unpaired) electrons. The predicted octanol–water partition coefficient (Wildman–Crippen LogP) is 2.43. The fraction of sp³-hybridized carbons (Fsp3) is 0.750. The summed E-state index contributed by atoms with van der Waals surface area (Å²) in [5.74, 6) is 0. The molecule has 1 aromatic heterocycles. The molecule has 0 saturated heterocycles. The number of nitrogens with one attached hydrogen (secondary N) is 1. The molecule has 0 aromatic carbocycles. The number of rotatable bonds is 6. The van der Waals surface area contributed by atoms with E-state index in [9.17, 15) is 0 Å². The minimum atomic E-state index is 0.466. The van der Waals surface area contributed by atoms with E-state index in [1.807, 2.05) is 11.7 Å². The topological polar surface area (TPSA) is 29.9 Å². The third kappa shape index (κ3) is 3.06. The Labute approximate surface area is 92.9 Å². The third-order valence-corrected chi connectivity index (χ3v) is 2.70. The molecule has 15 heavy (non-hydrogen) atoms. The minimum absolute atomic E-state index is 0.466. The summed E-state index contributed by atoms with van der Waals surface area (Å²) in [6.45, 7) is 7.67. The summed E-state index contributed by atoms with van der Waals surface area (Å²) in [4.78, 5) is 0. The van der Waals surface area contributed by atoms with Gasteiger partial charge in [-0.3, -0.25) is 4.68 Å². The van der Waals surface area contributed by atoms with E-state index < -0.39 is 0 Å². The summed E-state index contributed by atoms with van der Waals surface area (Å²) < 4.78 is 1.92. The Balaban J connectivity index is 2.80. The van der Waals surface area contributed by atoms with Gasteiger partial charge in [-0.05, 0) is 25.8 Å². The number of hydrogen-bond donors (Lipinski definition) is 1. The standard InChI is InChI=1S/C12H23N3/c1-5-8-13-11(6-2)10-9-15(4)14-12(10)7-3/h9,11,13H,5-8H2,1-4H3. The van der Waals surface area contributed by atoms with Gasteiger partial charge in [0.2, 0.25) is 0 Å². The Morgan fingerprint density at radius 3 is 2.67 bits per heavy atom. The molecule has 1 atom stereocenters. The third-order valence-electron chi connectivity index (χ3n) is 2.70. The highest BCUT2D eigenvalue weighted by molar-refractivity contribution is 5.21. The van der Waals surface area contributed by atoms with Crippen LogP contribution in [-0.4, -0.2) is 16.3 Å². The van der Waals surface area contributed by atoms with Crippen molar-refractivity contribution in [2.45, 2.75) is 46.1 Å². The van der Waals surface area contributed by atoms with Crippen molar-refractivity contribution >= 4 is 0 Å². The van der Waals surface area contributed by atoms with Gasteiger partial charge in [-0.1, -0.05) is 20.8 Å². The van der Waals surface area contributed by atoms with E-state index in [1.165, 1.54) is 17.7 Å². The summed E-state index contributed by atoms with van der Waals surface area (Å²) >= 11 is 0. The molecule has 0 spiro atoms. The first kappa shape index (κ1) is 12.2. The van der Waals surface area contributed by atoms with Crippen LogP contribution in [0.3, 0.4) is 0 Å². The lowest BCUT2D eigenvalue weighted by Crippen LogP contribution is -2.22. The maximum atomic E-state index is 4.48. The molecule has 1 rings (SSSR count). The van der Waals surface area contributed by atoms with Crippen LogP contribution in [0.2, 0.25) is 0 Å². The fourth-order valence-corrected chi connectivity index (χ4v) is 1.91. The quantitative estimate of drug-likeness (QED) is 0.780. The summed E-state index contributed by atoms with van der Waals surface area (Å²) in [5, 5.41) is 8.05. The van der Waals surface area contributed by atoms with Crippen LogP contribution in [0.5, 0.6) is 0 Å². The van der Waals surface area contributed by atoms with E-state index in [1.54, 1.807) is 0 Å². The first-order valence-corrected chi connectivity index (χ1v) is 5.98. The summed E-state index contributed by atoms with van der Waals surface area (Å²) in [6.07, 6.45) is 5.47. The molecular weight excluding hydrogens is 186 g/mol. The van der Waals surface area contributed by atoms with Crippen LogP contribution >= 0.6 is 0 Å². The fourth-order valence-electron chi connectivity index (χ4n) is 1.91. The van der Waals surface area contributed by atoms with Gasteiger partial charge in [0.05, 0.1) is 5.69 Å². The lowest BCUT2D eigenvalue weighted by Gasteiger charge is -2.16. The van der Waals surface area contributed by atoms with Crippen molar-refractivity contribution in [2.75, 3.05) is 6.54 Å². The number of nitrogens with zero attached hydrogens (tertiary/aromatic N) is 2. The van der Waals surface area contributed by atoms with Crippen LogP contribution in [0.15, 0.2) is 6.20 Å². The van der Waals surface area contributed by atoms with Crippen LogP contribution in [0.4, 0.5) is 0 Å². The zero-order chi connectivity index (χ0) is 11.3. The zero-order valence-electron chi connectivity index (χ0n) is 10.4. The Morgan fingerprint density at radius 2 is 2.13 bits per heavy atom. The van der Waals surface area contributed by atoms with Gasteiger partial charge in [0.1, 0.15) is 0 Å². The molecule has 0 aliphatic heterocycles. The smallest absolute Gasteiger partial charge is 0.0669 e. The van der Waals surface area contributed by atoms with Gasteiger partial charge in [0, 0.05) is 24.8 Å². The SMILES string of the molecule is CCCNC(CC)c1cn(C)nc1CC. The van der Waals surface area contributed by atoms with Crippen LogP contribution < -0.4 is 5.32 Å². The lowest BCUT2D eigenvalue weighted by molar-refractivity contribution is 0.515. The molecule has 1 aromatic rings. The minimum Gasteiger partial charge on any atom is -0.310 e. The molecule has 1 heterocycles. The van der Waals surface area contributed by atoms with E-state index in [0.717, 1.165) is 19.4 Å². The second kappa shape index (κ2) is 5.91. The van der Waals surface area contributed by atoms with Crippen molar-refractivity contribution in [3.05, 3.63) is 17.5 Å². The van der Waals surface area contributed by atoms with E-state index in [0.29, 0.717) is 6.04 Å². The van der Waals surface area contributed by atoms with E-state index >= 15 is 0 Å². The molecule has 3 heteroatoms. The summed E-state index contributed by atoms with van der Waals surface area (Å²) in [5.41, 5.74) is 2.60. The van der Waals surface area contributed by atoms with Gasteiger partial charge >= 0.3 is 0 Å². The summed E-state index contributed by atoms with van der Waals surface area (Å²) in [6, 6.07) is 0.466. The number of aromatic nitrogens is 2. The van der Waals surface area contributed by atoms with E-state index in [2.05, 4.69) is 37.4 Å². The monoisotopic (exact) mass is 209 g/mol. The number of aryl methyl sites for hydroxylation is 2. The molecule has 0 bridgehead atoms. The molecule has 0 amide bonds. The van der Waals surface area contributed by atoms with Crippen LogP contribution in [0, 0.1) is 0 Å². The van der Waals surface area contributed by atoms with E-state index in [-0.39, 0.29) is 0 Å². The maximum Gasteiger partial charge on any atom is 0.0669 e. The Hall–Kier alpha value is -0.830. The first-order valence-electron chi connectivity index (χ1n) is 5.98. The first-order chi connectivity index (χ1) is 7.22. The van der Waals surface area contributed by atoms with Gasteiger partial charge in [-0.15, -0.1) is 0 Å². The second-order valence-electron chi connectivity index (χ2n) is 3.97. The van der Waals surface area contributed by atoms with Gasteiger partial charge in [0.25, 0.3) is 0 Å². The predicted molar refractivity (Wildman–Crippen MR) is 63.9 cm³/mol. The molecule has 3 nitrogen and oxygen atoms in total.